The molecular weight excluding hydrogens is 262 g/mol. The van der Waals surface area contributed by atoms with Crippen LogP contribution in [0.25, 0.3) is 0 Å². The Bertz CT molecular complexity index is 458. The number of piperidine rings is 1. The van der Waals surface area contributed by atoms with Gasteiger partial charge >= 0.3 is 0 Å². The molecule has 0 spiro atoms. The van der Waals surface area contributed by atoms with Gasteiger partial charge in [-0.05, 0) is 50.4 Å². The van der Waals surface area contributed by atoms with E-state index >= 15 is 0 Å². The summed E-state index contributed by atoms with van der Waals surface area (Å²) in [5.41, 5.74) is 7.83. The second-order valence-electron chi connectivity index (χ2n) is 6.02. The van der Waals surface area contributed by atoms with Crippen LogP contribution < -0.4 is 11.1 Å². The summed E-state index contributed by atoms with van der Waals surface area (Å²) >= 11 is 0. The highest BCUT2D eigenvalue weighted by Gasteiger charge is 2.18. The smallest absolute Gasteiger partial charge is 0.241 e. The Morgan fingerprint density at radius 1 is 1.38 bits per heavy atom. The maximum absolute atomic E-state index is 11.7. The SMILES string of the molecule is CC[C@H](N)C(=O)Nc1ccc(CN2CCCCC2C)cc1. The molecule has 0 aliphatic carbocycles. The Balaban J connectivity index is 1.91. The summed E-state index contributed by atoms with van der Waals surface area (Å²) in [5.74, 6) is -0.116. The van der Waals surface area contributed by atoms with E-state index in [0.29, 0.717) is 12.5 Å². The number of nitrogens with one attached hydrogen (secondary N) is 1. The number of carbonyl (C=O) groups is 1. The van der Waals surface area contributed by atoms with Gasteiger partial charge in [-0.1, -0.05) is 25.5 Å². The molecule has 0 radical (unpaired) electrons. The lowest BCUT2D eigenvalue weighted by Crippen LogP contribution is -2.36. The molecule has 1 aromatic carbocycles. The summed E-state index contributed by atoms with van der Waals surface area (Å²) in [4.78, 5) is 14.3. The van der Waals surface area contributed by atoms with Crippen molar-refractivity contribution in [1.29, 1.82) is 0 Å². The minimum atomic E-state index is -0.432. The predicted octanol–water partition coefficient (Wildman–Crippen LogP) is 2.74. The van der Waals surface area contributed by atoms with Crippen molar-refractivity contribution in [3.05, 3.63) is 29.8 Å². The Morgan fingerprint density at radius 2 is 2.10 bits per heavy atom. The van der Waals surface area contributed by atoms with Crippen LogP contribution in [-0.2, 0) is 11.3 Å². The zero-order valence-electron chi connectivity index (χ0n) is 13.1. The first-order chi connectivity index (χ1) is 10.1. The molecule has 2 atom stereocenters. The first-order valence-electron chi connectivity index (χ1n) is 7.99. The summed E-state index contributed by atoms with van der Waals surface area (Å²) in [5, 5.41) is 2.85. The van der Waals surface area contributed by atoms with Crippen molar-refractivity contribution >= 4 is 11.6 Å². The number of rotatable bonds is 5. The Labute approximate surface area is 127 Å². The number of likely N-dealkylation sites (tertiary alicyclic amines) is 1. The van der Waals surface area contributed by atoms with Crippen molar-refractivity contribution in [2.45, 2.75) is 58.2 Å². The van der Waals surface area contributed by atoms with Gasteiger partial charge in [0.05, 0.1) is 6.04 Å². The third kappa shape index (κ3) is 4.55. The first-order valence-corrected chi connectivity index (χ1v) is 7.99. The van der Waals surface area contributed by atoms with E-state index in [2.05, 4.69) is 29.3 Å². The zero-order valence-corrected chi connectivity index (χ0v) is 13.1. The third-order valence-corrected chi connectivity index (χ3v) is 4.32. The second kappa shape index (κ2) is 7.57. The first kappa shape index (κ1) is 16.0. The number of hydrogen-bond donors (Lipinski definition) is 2. The molecular formula is C17H27N3O. The molecule has 1 saturated heterocycles. The van der Waals surface area contributed by atoms with Gasteiger partial charge in [-0.25, -0.2) is 0 Å². The minimum Gasteiger partial charge on any atom is -0.325 e. The van der Waals surface area contributed by atoms with Crippen molar-refractivity contribution in [1.82, 2.24) is 4.90 Å². The van der Waals surface area contributed by atoms with E-state index in [-0.39, 0.29) is 5.91 Å². The molecule has 1 fully saturated rings. The second-order valence-corrected chi connectivity index (χ2v) is 6.02. The van der Waals surface area contributed by atoms with Gasteiger partial charge in [0.1, 0.15) is 0 Å². The maximum atomic E-state index is 11.7. The highest BCUT2D eigenvalue weighted by molar-refractivity contribution is 5.94. The molecule has 0 saturated carbocycles. The highest BCUT2D eigenvalue weighted by atomic mass is 16.2. The summed E-state index contributed by atoms with van der Waals surface area (Å²) in [6.07, 6.45) is 4.59. The van der Waals surface area contributed by atoms with Gasteiger partial charge in [-0.3, -0.25) is 9.69 Å². The van der Waals surface area contributed by atoms with Gasteiger partial charge in [0.2, 0.25) is 5.91 Å². The lowest BCUT2D eigenvalue weighted by molar-refractivity contribution is -0.117. The summed E-state index contributed by atoms with van der Waals surface area (Å²) in [7, 11) is 0. The molecule has 3 N–H and O–H groups in total. The minimum absolute atomic E-state index is 0.116. The van der Waals surface area contributed by atoms with E-state index in [0.717, 1.165) is 12.2 Å². The van der Waals surface area contributed by atoms with Crippen molar-refractivity contribution < 1.29 is 4.79 Å². The number of carbonyl (C=O) groups excluding carboxylic acids is 1. The fourth-order valence-corrected chi connectivity index (χ4v) is 2.74. The van der Waals surface area contributed by atoms with E-state index in [1.807, 2.05) is 19.1 Å². The molecule has 0 bridgehead atoms. The molecule has 1 heterocycles. The lowest BCUT2D eigenvalue weighted by atomic mass is 10.0. The maximum Gasteiger partial charge on any atom is 0.241 e. The largest absolute Gasteiger partial charge is 0.325 e. The fraction of sp³-hybridized carbons (Fsp3) is 0.588. The predicted molar refractivity (Wildman–Crippen MR) is 87.1 cm³/mol. The molecule has 1 amide bonds. The average molecular weight is 289 g/mol. The number of anilines is 1. The van der Waals surface area contributed by atoms with Crippen LogP contribution in [0, 0.1) is 0 Å². The van der Waals surface area contributed by atoms with E-state index in [9.17, 15) is 4.79 Å². The van der Waals surface area contributed by atoms with Gasteiger partial charge in [-0.15, -0.1) is 0 Å². The number of nitrogens with zero attached hydrogens (tertiary/aromatic N) is 1. The fourth-order valence-electron chi connectivity index (χ4n) is 2.74. The number of hydrogen-bond acceptors (Lipinski definition) is 3. The monoisotopic (exact) mass is 289 g/mol. The quantitative estimate of drug-likeness (QED) is 0.876. The molecule has 21 heavy (non-hydrogen) atoms. The van der Waals surface area contributed by atoms with Crippen LogP contribution in [0.2, 0.25) is 0 Å². The van der Waals surface area contributed by atoms with E-state index < -0.39 is 6.04 Å². The van der Waals surface area contributed by atoms with Crippen LogP contribution in [0.1, 0.15) is 45.1 Å². The van der Waals surface area contributed by atoms with Gasteiger partial charge in [-0.2, -0.15) is 0 Å². The molecule has 4 nitrogen and oxygen atoms in total. The van der Waals surface area contributed by atoms with Gasteiger partial charge < -0.3 is 11.1 Å². The zero-order chi connectivity index (χ0) is 15.2. The lowest BCUT2D eigenvalue weighted by Gasteiger charge is -2.33. The van der Waals surface area contributed by atoms with Crippen molar-refractivity contribution in [2.75, 3.05) is 11.9 Å². The molecule has 0 aromatic heterocycles. The average Bonchev–Trinajstić information content (AvgIpc) is 2.50. The summed E-state index contributed by atoms with van der Waals surface area (Å²) in [6, 6.07) is 8.34. The van der Waals surface area contributed by atoms with Crippen LogP contribution >= 0.6 is 0 Å². The number of nitrogens with two attached hydrogens (primary N) is 1. The third-order valence-electron chi connectivity index (χ3n) is 4.32. The molecule has 116 valence electrons. The number of benzene rings is 1. The summed E-state index contributed by atoms with van der Waals surface area (Å²) in [6.45, 7) is 6.39. The van der Waals surface area contributed by atoms with Crippen molar-refractivity contribution in [3.8, 4) is 0 Å². The Hall–Kier alpha value is -1.39. The van der Waals surface area contributed by atoms with Crippen LogP contribution in [0.4, 0.5) is 5.69 Å². The molecule has 4 heteroatoms. The van der Waals surface area contributed by atoms with Crippen LogP contribution in [0.5, 0.6) is 0 Å². The molecule has 1 aliphatic heterocycles. The van der Waals surface area contributed by atoms with E-state index in [4.69, 9.17) is 5.73 Å². The molecule has 1 unspecified atom stereocenters. The Morgan fingerprint density at radius 3 is 2.71 bits per heavy atom. The number of amides is 1. The van der Waals surface area contributed by atoms with Crippen LogP contribution in [0.3, 0.4) is 0 Å². The standard InChI is InChI=1S/C17H27N3O/c1-3-16(18)17(21)19-15-9-7-14(8-10-15)12-20-11-5-4-6-13(20)2/h7-10,13,16H,3-6,11-12,18H2,1-2H3,(H,19,21)/t13?,16-/m0/s1. The topological polar surface area (TPSA) is 58.4 Å². The van der Waals surface area contributed by atoms with Crippen molar-refractivity contribution in [3.63, 3.8) is 0 Å². The highest BCUT2D eigenvalue weighted by Crippen LogP contribution is 2.20. The van der Waals surface area contributed by atoms with Gasteiger partial charge in [0.25, 0.3) is 0 Å². The Kier molecular flexibility index (Phi) is 5.76. The van der Waals surface area contributed by atoms with Crippen LogP contribution in [-0.4, -0.2) is 29.4 Å². The normalized spacial score (nSPS) is 21.0. The van der Waals surface area contributed by atoms with Crippen molar-refractivity contribution in [2.24, 2.45) is 5.73 Å². The molecule has 2 rings (SSSR count). The van der Waals surface area contributed by atoms with E-state index in [1.165, 1.54) is 31.4 Å². The van der Waals surface area contributed by atoms with Gasteiger partial charge in [0, 0.05) is 18.3 Å². The van der Waals surface area contributed by atoms with Crippen LogP contribution in [0.15, 0.2) is 24.3 Å². The molecule has 1 aromatic rings. The van der Waals surface area contributed by atoms with Gasteiger partial charge in [0.15, 0.2) is 0 Å². The molecule has 1 aliphatic rings. The summed E-state index contributed by atoms with van der Waals surface area (Å²) < 4.78 is 0. The van der Waals surface area contributed by atoms with E-state index in [1.54, 1.807) is 0 Å².